The van der Waals surface area contributed by atoms with Crippen LogP contribution in [0.2, 0.25) is 0 Å². The number of ether oxygens (including phenoxy) is 1. The van der Waals surface area contributed by atoms with Crippen LogP contribution in [0, 0.1) is 5.82 Å². The quantitative estimate of drug-likeness (QED) is 0.791. The summed E-state index contributed by atoms with van der Waals surface area (Å²) in [5.74, 6) is -8.52. The fourth-order valence-electron chi connectivity index (χ4n) is 1.94. The Kier molecular flexibility index (Phi) is 4.82. The third-order valence-corrected chi connectivity index (χ3v) is 3.21. The van der Waals surface area contributed by atoms with Gasteiger partial charge in [0.15, 0.2) is 0 Å². The lowest BCUT2D eigenvalue weighted by Gasteiger charge is -2.17. The average molecular weight is 355 g/mol. The number of primary amides is 1. The highest BCUT2D eigenvalue weighted by atomic mass is 19.3. The molecule has 0 atom stereocenters. The summed E-state index contributed by atoms with van der Waals surface area (Å²) in [6, 6.07) is 4.02. The van der Waals surface area contributed by atoms with Crippen LogP contribution >= 0.6 is 0 Å². The monoisotopic (exact) mass is 355 g/mol. The van der Waals surface area contributed by atoms with Gasteiger partial charge in [-0.2, -0.15) is 8.78 Å². The lowest BCUT2D eigenvalue weighted by atomic mass is 10.1. The van der Waals surface area contributed by atoms with E-state index >= 15 is 0 Å². The molecule has 0 saturated heterocycles. The van der Waals surface area contributed by atoms with Gasteiger partial charge in [-0.3, -0.25) is 19.7 Å². The van der Waals surface area contributed by atoms with E-state index in [9.17, 15) is 27.6 Å². The van der Waals surface area contributed by atoms with Crippen LogP contribution in [-0.4, -0.2) is 29.6 Å². The number of halogens is 3. The number of carbonyl (C=O) groups is 3. The number of nitrogens with one attached hydrogen (secondary N) is 1. The van der Waals surface area contributed by atoms with Crippen molar-refractivity contribution in [3.8, 4) is 0 Å². The number of rotatable bonds is 5. The smallest absolute Gasteiger partial charge is 0.351 e. The molecule has 2 aromatic rings. The standard InChI is InChI=1S/C15H12F3N3O4/c1-25-13(23)8-6-11(12(19)22)21(7-8)20-14(24)15(17,18)9-2-4-10(16)5-3-9/h2-7H,1H3,(H2,19,22)(H,20,24). The van der Waals surface area contributed by atoms with Crippen molar-refractivity contribution in [2.24, 2.45) is 5.73 Å². The lowest BCUT2D eigenvalue weighted by Crippen LogP contribution is -2.38. The predicted molar refractivity (Wildman–Crippen MR) is 79.0 cm³/mol. The van der Waals surface area contributed by atoms with E-state index in [0.717, 1.165) is 43.6 Å². The molecule has 0 unspecified atom stereocenters. The van der Waals surface area contributed by atoms with Crippen molar-refractivity contribution in [2.75, 3.05) is 12.5 Å². The zero-order chi connectivity index (χ0) is 18.8. The molecule has 132 valence electrons. The number of hydrogen-bond acceptors (Lipinski definition) is 4. The SMILES string of the molecule is COC(=O)c1cc(C(N)=O)n(NC(=O)C(F)(F)c2ccc(F)cc2)c1. The van der Waals surface area contributed by atoms with Gasteiger partial charge in [0.05, 0.1) is 12.7 Å². The fourth-order valence-corrected chi connectivity index (χ4v) is 1.94. The van der Waals surface area contributed by atoms with Gasteiger partial charge in [0.2, 0.25) is 0 Å². The molecular formula is C15H12F3N3O4. The predicted octanol–water partition coefficient (Wildman–Crippen LogP) is 1.37. The largest absolute Gasteiger partial charge is 0.465 e. The summed E-state index contributed by atoms with van der Waals surface area (Å²) in [5.41, 5.74) is 5.51. The van der Waals surface area contributed by atoms with Crippen molar-refractivity contribution in [3.63, 3.8) is 0 Å². The van der Waals surface area contributed by atoms with Crippen LogP contribution in [0.15, 0.2) is 36.5 Å². The molecule has 0 saturated carbocycles. The molecule has 0 aliphatic heterocycles. The maximum atomic E-state index is 14.2. The van der Waals surface area contributed by atoms with Crippen molar-refractivity contribution in [2.45, 2.75) is 5.92 Å². The number of aromatic nitrogens is 1. The summed E-state index contributed by atoms with van der Waals surface area (Å²) in [6.45, 7) is 0. The lowest BCUT2D eigenvalue weighted by molar-refractivity contribution is -0.142. The molecule has 0 fully saturated rings. The summed E-state index contributed by atoms with van der Waals surface area (Å²) in [6.07, 6.45) is 0.907. The number of benzene rings is 1. The molecule has 2 rings (SSSR count). The van der Waals surface area contributed by atoms with Gasteiger partial charge in [-0.05, 0) is 30.3 Å². The van der Waals surface area contributed by atoms with Crippen LogP contribution in [0.3, 0.4) is 0 Å². The summed E-state index contributed by atoms with van der Waals surface area (Å²) >= 11 is 0. The molecule has 0 aliphatic carbocycles. The Morgan fingerprint density at radius 3 is 2.32 bits per heavy atom. The molecular weight excluding hydrogens is 343 g/mol. The molecule has 1 aromatic heterocycles. The Labute approximate surface area is 139 Å². The van der Waals surface area contributed by atoms with Crippen LogP contribution in [0.4, 0.5) is 13.2 Å². The van der Waals surface area contributed by atoms with E-state index in [-0.39, 0.29) is 5.56 Å². The first kappa shape index (κ1) is 18.0. The second-order valence-electron chi connectivity index (χ2n) is 4.86. The molecule has 0 radical (unpaired) electrons. The Balaban J connectivity index is 2.33. The summed E-state index contributed by atoms with van der Waals surface area (Å²) in [7, 11) is 1.07. The zero-order valence-electron chi connectivity index (χ0n) is 12.8. The van der Waals surface area contributed by atoms with Crippen LogP contribution in [-0.2, 0) is 15.5 Å². The number of hydrogen-bond donors (Lipinski definition) is 2. The van der Waals surface area contributed by atoms with E-state index in [1.807, 2.05) is 0 Å². The van der Waals surface area contributed by atoms with Crippen molar-refractivity contribution in [1.82, 2.24) is 4.68 Å². The number of carbonyl (C=O) groups excluding carboxylic acids is 3. The highest BCUT2D eigenvalue weighted by Gasteiger charge is 2.41. The summed E-state index contributed by atoms with van der Waals surface area (Å²) < 4.78 is 46.2. The summed E-state index contributed by atoms with van der Waals surface area (Å²) in [4.78, 5) is 34.7. The molecule has 2 amide bonds. The van der Waals surface area contributed by atoms with Crippen molar-refractivity contribution in [3.05, 3.63) is 59.2 Å². The number of alkyl halides is 2. The van der Waals surface area contributed by atoms with Gasteiger partial charge in [0.1, 0.15) is 11.5 Å². The maximum Gasteiger partial charge on any atom is 0.351 e. The molecule has 25 heavy (non-hydrogen) atoms. The first-order valence-electron chi connectivity index (χ1n) is 6.72. The minimum atomic E-state index is -4.03. The highest BCUT2D eigenvalue weighted by Crippen LogP contribution is 2.28. The topological polar surface area (TPSA) is 103 Å². The first-order valence-corrected chi connectivity index (χ1v) is 6.72. The zero-order valence-corrected chi connectivity index (χ0v) is 12.8. The minimum Gasteiger partial charge on any atom is -0.465 e. The third kappa shape index (κ3) is 3.62. The van der Waals surface area contributed by atoms with E-state index in [0.29, 0.717) is 4.68 Å². The van der Waals surface area contributed by atoms with Gasteiger partial charge in [-0.25, -0.2) is 9.18 Å². The highest BCUT2D eigenvalue weighted by molar-refractivity contribution is 5.98. The second kappa shape index (κ2) is 6.67. The van der Waals surface area contributed by atoms with E-state index in [1.165, 1.54) is 0 Å². The number of amides is 2. The number of esters is 1. The van der Waals surface area contributed by atoms with Gasteiger partial charge < -0.3 is 10.5 Å². The first-order chi connectivity index (χ1) is 11.7. The van der Waals surface area contributed by atoms with E-state index in [2.05, 4.69) is 4.74 Å². The molecule has 0 aliphatic rings. The number of nitrogens with two attached hydrogens (primary N) is 1. The number of methoxy groups -OCH3 is 1. The minimum absolute atomic E-state index is 0.179. The van der Waals surface area contributed by atoms with Gasteiger partial charge in [-0.1, -0.05) is 0 Å². The van der Waals surface area contributed by atoms with Gasteiger partial charge in [-0.15, -0.1) is 0 Å². The van der Waals surface area contributed by atoms with Crippen molar-refractivity contribution >= 4 is 17.8 Å². The van der Waals surface area contributed by atoms with E-state index in [1.54, 1.807) is 5.43 Å². The maximum absolute atomic E-state index is 14.2. The molecule has 7 nitrogen and oxygen atoms in total. The summed E-state index contributed by atoms with van der Waals surface area (Å²) in [5, 5.41) is 0. The molecule has 1 heterocycles. The molecule has 10 heteroatoms. The number of nitrogens with zero attached hydrogens (tertiary/aromatic N) is 1. The Hall–Kier alpha value is -3.30. The molecule has 0 spiro atoms. The molecule has 0 bridgehead atoms. The third-order valence-electron chi connectivity index (χ3n) is 3.21. The van der Waals surface area contributed by atoms with Crippen molar-refractivity contribution in [1.29, 1.82) is 0 Å². The second-order valence-corrected chi connectivity index (χ2v) is 4.86. The Morgan fingerprint density at radius 2 is 1.80 bits per heavy atom. The van der Waals surface area contributed by atoms with Crippen LogP contribution < -0.4 is 11.2 Å². The van der Waals surface area contributed by atoms with Crippen LogP contribution in [0.25, 0.3) is 0 Å². The van der Waals surface area contributed by atoms with E-state index in [4.69, 9.17) is 5.73 Å². The van der Waals surface area contributed by atoms with Crippen LogP contribution in [0.5, 0.6) is 0 Å². The van der Waals surface area contributed by atoms with Crippen LogP contribution in [0.1, 0.15) is 26.4 Å². The van der Waals surface area contributed by atoms with Gasteiger partial charge in [0, 0.05) is 11.8 Å². The van der Waals surface area contributed by atoms with Gasteiger partial charge >= 0.3 is 17.8 Å². The normalized spacial score (nSPS) is 11.0. The average Bonchev–Trinajstić information content (AvgIpc) is 2.98. The molecule has 3 N–H and O–H groups in total. The van der Waals surface area contributed by atoms with E-state index < -0.39 is 40.8 Å². The Bertz CT molecular complexity index is 831. The molecule has 1 aromatic carbocycles. The van der Waals surface area contributed by atoms with Gasteiger partial charge in [0.25, 0.3) is 5.91 Å². The van der Waals surface area contributed by atoms with Crippen molar-refractivity contribution < 1.29 is 32.3 Å². The fraction of sp³-hybridized carbons (Fsp3) is 0.133. The Morgan fingerprint density at radius 1 is 1.20 bits per heavy atom.